The smallest absolute Gasteiger partial charge is 0.0488 e. The lowest BCUT2D eigenvalue weighted by atomic mass is 9.98. The molecule has 2 nitrogen and oxygen atoms in total. The van der Waals surface area contributed by atoms with Crippen LogP contribution in [0.3, 0.4) is 0 Å². The predicted molar refractivity (Wildman–Crippen MR) is 61.1 cm³/mol. The second kappa shape index (κ2) is 3.43. The first-order chi connectivity index (χ1) is 7.42. The van der Waals surface area contributed by atoms with Crippen LogP contribution in [0.25, 0.3) is 11.1 Å². The highest BCUT2D eigenvalue weighted by molar-refractivity contribution is 7.06. The molecule has 1 aliphatic rings. The van der Waals surface area contributed by atoms with Crippen LogP contribution in [-0.4, -0.2) is 16.1 Å². The molecule has 1 N–H and O–H groups in total. The van der Waals surface area contributed by atoms with Gasteiger partial charge in [0, 0.05) is 29.2 Å². The third-order valence-corrected chi connectivity index (χ3v) is 3.87. The van der Waals surface area contributed by atoms with Crippen molar-refractivity contribution in [3.63, 3.8) is 0 Å². The first kappa shape index (κ1) is 9.07. The first-order valence-electron chi connectivity index (χ1n) is 5.06. The van der Waals surface area contributed by atoms with E-state index in [9.17, 15) is 0 Å². The normalized spacial score (nSPS) is 17.5. The Morgan fingerprint density at radius 2 is 2.13 bits per heavy atom. The standard InChI is InChI=1S/C12H11NOS/c14-6-5-10-8-3-1-2-4-9(8)11-7-13-15-12(10)11/h1-4,7,10,14H,5-6H2. The van der Waals surface area contributed by atoms with Gasteiger partial charge in [-0.25, -0.2) is 4.37 Å². The minimum atomic E-state index is 0.232. The van der Waals surface area contributed by atoms with Crippen LogP contribution in [0.5, 0.6) is 0 Å². The second-order valence-corrected chi connectivity index (χ2v) is 4.59. The number of hydrogen-bond acceptors (Lipinski definition) is 3. The first-order valence-corrected chi connectivity index (χ1v) is 5.84. The fourth-order valence-corrected chi connectivity index (χ4v) is 3.21. The van der Waals surface area contributed by atoms with Crippen molar-refractivity contribution in [2.24, 2.45) is 0 Å². The molecule has 76 valence electrons. The van der Waals surface area contributed by atoms with Crippen molar-refractivity contribution in [1.82, 2.24) is 4.37 Å². The van der Waals surface area contributed by atoms with E-state index >= 15 is 0 Å². The Labute approximate surface area is 92.4 Å². The molecule has 3 rings (SSSR count). The highest BCUT2D eigenvalue weighted by Crippen LogP contribution is 2.47. The highest BCUT2D eigenvalue weighted by Gasteiger charge is 2.29. The van der Waals surface area contributed by atoms with Crippen molar-refractivity contribution in [2.75, 3.05) is 6.61 Å². The van der Waals surface area contributed by atoms with Gasteiger partial charge in [-0.3, -0.25) is 0 Å². The topological polar surface area (TPSA) is 33.1 Å². The Kier molecular flexibility index (Phi) is 2.08. The lowest BCUT2D eigenvalue weighted by Crippen LogP contribution is -1.97. The van der Waals surface area contributed by atoms with E-state index in [1.54, 1.807) is 11.5 Å². The maximum absolute atomic E-state index is 9.10. The maximum atomic E-state index is 9.10. The summed E-state index contributed by atoms with van der Waals surface area (Å²) in [5.74, 6) is 0.355. The monoisotopic (exact) mass is 217 g/mol. The van der Waals surface area contributed by atoms with Crippen LogP contribution in [0.4, 0.5) is 0 Å². The number of aliphatic hydroxyl groups excluding tert-OH is 1. The molecule has 0 bridgehead atoms. The van der Waals surface area contributed by atoms with Crippen LogP contribution < -0.4 is 0 Å². The summed E-state index contributed by atoms with van der Waals surface area (Å²) in [5, 5.41) is 9.10. The number of aliphatic hydroxyl groups is 1. The van der Waals surface area contributed by atoms with Gasteiger partial charge in [0.1, 0.15) is 0 Å². The number of rotatable bonds is 2. The van der Waals surface area contributed by atoms with E-state index in [0.717, 1.165) is 6.42 Å². The molecular weight excluding hydrogens is 206 g/mol. The van der Waals surface area contributed by atoms with Crippen molar-refractivity contribution in [3.8, 4) is 11.1 Å². The van der Waals surface area contributed by atoms with Gasteiger partial charge >= 0.3 is 0 Å². The van der Waals surface area contributed by atoms with Gasteiger partial charge in [-0.1, -0.05) is 24.3 Å². The van der Waals surface area contributed by atoms with Crippen molar-refractivity contribution < 1.29 is 5.11 Å². The molecule has 0 spiro atoms. The van der Waals surface area contributed by atoms with Crippen molar-refractivity contribution in [2.45, 2.75) is 12.3 Å². The molecule has 0 aliphatic heterocycles. The maximum Gasteiger partial charge on any atom is 0.0488 e. The van der Waals surface area contributed by atoms with Crippen LogP contribution in [0.15, 0.2) is 30.5 Å². The molecule has 0 saturated heterocycles. The Bertz CT molecular complexity index is 492. The summed E-state index contributed by atoms with van der Waals surface area (Å²) >= 11 is 1.56. The third kappa shape index (κ3) is 1.24. The average molecular weight is 217 g/mol. The minimum absolute atomic E-state index is 0.232. The lowest BCUT2D eigenvalue weighted by molar-refractivity contribution is 0.283. The van der Waals surface area contributed by atoms with E-state index in [1.807, 2.05) is 6.20 Å². The molecule has 1 aromatic carbocycles. The van der Waals surface area contributed by atoms with Crippen LogP contribution in [0.1, 0.15) is 22.8 Å². The largest absolute Gasteiger partial charge is 0.396 e. The Balaban J connectivity index is 2.19. The molecule has 15 heavy (non-hydrogen) atoms. The van der Waals surface area contributed by atoms with E-state index in [-0.39, 0.29) is 6.61 Å². The summed E-state index contributed by atoms with van der Waals surface area (Å²) in [4.78, 5) is 1.31. The fourth-order valence-electron chi connectivity index (χ4n) is 2.31. The molecule has 1 heterocycles. The molecule has 1 unspecified atom stereocenters. The summed E-state index contributed by atoms with van der Waals surface area (Å²) in [6.45, 7) is 0.232. The molecule has 0 radical (unpaired) electrons. The third-order valence-electron chi connectivity index (χ3n) is 2.96. The van der Waals surface area contributed by atoms with E-state index in [4.69, 9.17) is 5.11 Å². The Morgan fingerprint density at radius 1 is 1.27 bits per heavy atom. The zero-order chi connectivity index (χ0) is 10.3. The fraction of sp³-hybridized carbons (Fsp3) is 0.250. The molecule has 0 amide bonds. The van der Waals surface area contributed by atoms with Crippen molar-refractivity contribution in [1.29, 1.82) is 0 Å². The van der Waals surface area contributed by atoms with Crippen LogP contribution >= 0.6 is 11.5 Å². The predicted octanol–water partition coefficient (Wildman–Crippen LogP) is 2.64. The zero-order valence-corrected chi connectivity index (χ0v) is 9.00. The van der Waals surface area contributed by atoms with Crippen LogP contribution in [0.2, 0.25) is 0 Å². The number of aromatic nitrogens is 1. The zero-order valence-electron chi connectivity index (χ0n) is 8.18. The van der Waals surface area contributed by atoms with Gasteiger partial charge in [0.15, 0.2) is 0 Å². The summed E-state index contributed by atoms with van der Waals surface area (Å²) in [7, 11) is 0. The Hall–Kier alpha value is -1.19. The molecule has 0 fully saturated rings. The summed E-state index contributed by atoms with van der Waals surface area (Å²) < 4.78 is 4.24. The lowest BCUT2D eigenvalue weighted by Gasteiger charge is -2.09. The SMILES string of the molecule is OCCC1c2ccccc2-c2cnsc21. The van der Waals surface area contributed by atoms with Crippen LogP contribution in [-0.2, 0) is 0 Å². The van der Waals surface area contributed by atoms with E-state index in [0.29, 0.717) is 5.92 Å². The molecule has 0 saturated carbocycles. The molecule has 1 atom stereocenters. The molecule has 2 aromatic rings. The quantitative estimate of drug-likeness (QED) is 0.838. The Morgan fingerprint density at radius 3 is 3.00 bits per heavy atom. The van der Waals surface area contributed by atoms with Gasteiger partial charge in [-0.15, -0.1) is 0 Å². The number of nitrogens with zero attached hydrogens (tertiary/aromatic N) is 1. The molecule has 1 aromatic heterocycles. The van der Waals surface area contributed by atoms with Crippen molar-refractivity contribution in [3.05, 3.63) is 40.9 Å². The van der Waals surface area contributed by atoms with E-state index in [2.05, 4.69) is 28.6 Å². The average Bonchev–Trinajstić information content (AvgIpc) is 2.82. The molecular formula is C12H11NOS. The van der Waals surface area contributed by atoms with E-state index in [1.165, 1.54) is 21.6 Å². The highest BCUT2D eigenvalue weighted by atomic mass is 32.1. The number of fused-ring (bicyclic) bond motifs is 3. The van der Waals surface area contributed by atoms with Gasteiger partial charge in [0.25, 0.3) is 0 Å². The van der Waals surface area contributed by atoms with Crippen molar-refractivity contribution >= 4 is 11.5 Å². The van der Waals surface area contributed by atoms with Gasteiger partial charge in [0.05, 0.1) is 0 Å². The van der Waals surface area contributed by atoms with Gasteiger partial charge in [0.2, 0.25) is 0 Å². The van der Waals surface area contributed by atoms with Gasteiger partial charge in [-0.05, 0) is 29.1 Å². The number of benzene rings is 1. The summed E-state index contributed by atoms with van der Waals surface area (Å²) in [6, 6.07) is 8.41. The van der Waals surface area contributed by atoms with E-state index < -0.39 is 0 Å². The summed E-state index contributed by atoms with van der Waals surface area (Å²) in [5.41, 5.74) is 3.89. The minimum Gasteiger partial charge on any atom is -0.396 e. The molecule has 3 heteroatoms. The summed E-state index contributed by atoms with van der Waals surface area (Å²) in [6.07, 6.45) is 2.74. The second-order valence-electron chi connectivity index (χ2n) is 3.76. The van der Waals surface area contributed by atoms with Gasteiger partial charge in [-0.2, -0.15) is 0 Å². The number of hydrogen-bond donors (Lipinski definition) is 1. The van der Waals surface area contributed by atoms with Gasteiger partial charge < -0.3 is 5.11 Å². The molecule has 1 aliphatic carbocycles. The van der Waals surface area contributed by atoms with Crippen LogP contribution in [0, 0.1) is 0 Å².